The standard InChI is InChI=1S/C39H23N3OS/c1-3-10-24(11-4-1)32-23-33(29-15-9-17-35-36(29)30-14-7-8-16-34(30)43-35)41-38(40-32)27-18-20-28-26(22-27)19-21-31-37(28)44-39(42-31)25-12-5-2-6-13-25/h1-23H. The molecule has 206 valence electrons. The minimum absolute atomic E-state index is 0.683. The molecule has 44 heavy (non-hydrogen) atoms. The van der Waals surface area contributed by atoms with Gasteiger partial charge in [-0.2, -0.15) is 0 Å². The molecule has 9 rings (SSSR count). The lowest BCUT2D eigenvalue weighted by atomic mass is 10.0. The van der Waals surface area contributed by atoms with E-state index in [1.807, 2.05) is 54.6 Å². The average Bonchev–Trinajstić information content (AvgIpc) is 3.71. The zero-order valence-electron chi connectivity index (χ0n) is 23.4. The van der Waals surface area contributed by atoms with Gasteiger partial charge in [-0.25, -0.2) is 15.0 Å². The summed E-state index contributed by atoms with van der Waals surface area (Å²) in [7, 11) is 0. The number of para-hydroxylation sites is 1. The van der Waals surface area contributed by atoms with Crippen molar-refractivity contribution in [3.63, 3.8) is 0 Å². The van der Waals surface area contributed by atoms with E-state index in [-0.39, 0.29) is 0 Å². The third-order valence-electron chi connectivity index (χ3n) is 8.12. The van der Waals surface area contributed by atoms with Crippen LogP contribution in [0.25, 0.3) is 87.4 Å². The molecule has 0 spiro atoms. The Morgan fingerprint density at radius 2 is 1.25 bits per heavy atom. The van der Waals surface area contributed by atoms with Crippen LogP contribution in [0.3, 0.4) is 0 Å². The van der Waals surface area contributed by atoms with Crippen LogP contribution >= 0.6 is 11.3 Å². The molecule has 0 atom stereocenters. The number of hydrogen-bond donors (Lipinski definition) is 0. The van der Waals surface area contributed by atoms with Crippen LogP contribution < -0.4 is 0 Å². The maximum atomic E-state index is 6.21. The number of rotatable bonds is 4. The van der Waals surface area contributed by atoms with Crippen molar-refractivity contribution in [1.29, 1.82) is 0 Å². The Labute approximate surface area is 256 Å². The molecule has 0 N–H and O–H groups in total. The van der Waals surface area contributed by atoms with Crippen molar-refractivity contribution < 1.29 is 4.42 Å². The summed E-state index contributed by atoms with van der Waals surface area (Å²) in [5, 5.41) is 5.49. The van der Waals surface area contributed by atoms with Gasteiger partial charge in [-0.15, -0.1) is 11.3 Å². The van der Waals surface area contributed by atoms with Crippen molar-refractivity contribution in [2.75, 3.05) is 0 Å². The largest absolute Gasteiger partial charge is 0.456 e. The van der Waals surface area contributed by atoms with E-state index in [9.17, 15) is 0 Å². The highest BCUT2D eigenvalue weighted by atomic mass is 32.1. The van der Waals surface area contributed by atoms with E-state index in [4.69, 9.17) is 19.4 Å². The van der Waals surface area contributed by atoms with Crippen molar-refractivity contribution in [3.05, 3.63) is 140 Å². The quantitative estimate of drug-likeness (QED) is 0.207. The van der Waals surface area contributed by atoms with Gasteiger partial charge in [-0.05, 0) is 35.7 Å². The molecular weight excluding hydrogens is 559 g/mol. The lowest BCUT2D eigenvalue weighted by Crippen LogP contribution is -1.96. The lowest BCUT2D eigenvalue weighted by molar-refractivity contribution is 0.669. The van der Waals surface area contributed by atoms with Gasteiger partial charge < -0.3 is 4.42 Å². The number of fused-ring (bicyclic) bond motifs is 6. The summed E-state index contributed by atoms with van der Waals surface area (Å²) in [4.78, 5) is 15.2. The van der Waals surface area contributed by atoms with Gasteiger partial charge in [0.25, 0.3) is 0 Å². The van der Waals surface area contributed by atoms with E-state index >= 15 is 0 Å². The van der Waals surface area contributed by atoms with Gasteiger partial charge in [-0.1, -0.05) is 109 Å². The van der Waals surface area contributed by atoms with Gasteiger partial charge in [0.2, 0.25) is 0 Å². The van der Waals surface area contributed by atoms with Crippen molar-refractivity contribution in [2.24, 2.45) is 0 Å². The Kier molecular flexibility index (Phi) is 5.64. The maximum Gasteiger partial charge on any atom is 0.160 e. The number of aromatic nitrogens is 3. The number of nitrogens with zero attached hydrogens (tertiary/aromatic N) is 3. The van der Waals surface area contributed by atoms with Crippen LogP contribution in [0.1, 0.15) is 0 Å². The van der Waals surface area contributed by atoms with Crippen LogP contribution in [0.15, 0.2) is 144 Å². The summed E-state index contributed by atoms with van der Waals surface area (Å²) < 4.78 is 7.40. The molecule has 3 heterocycles. The molecule has 9 aromatic rings. The third-order valence-corrected chi connectivity index (χ3v) is 9.28. The fourth-order valence-electron chi connectivity index (χ4n) is 6.02. The van der Waals surface area contributed by atoms with E-state index < -0.39 is 0 Å². The smallest absolute Gasteiger partial charge is 0.160 e. The Balaban J connectivity index is 1.23. The van der Waals surface area contributed by atoms with E-state index in [1.54, 1.807) is 11.3 Å². The molecule has 0 fully saturated rings. The molecule has 0 aliphatic heterocycles. The van der Waals surface area contributed by atoms with Crippen molar-refractivity contribution in [1.82, 2.24) is 15.0 Å². The molecular formula is C39H23N3OS. The fraction of sp³-hybridized carbons (Fsp3) is 0. The topological polar surface area (TPSA) is 51.8 Å². The second-order valence-electron chi connectivity index (χ2n) is 10.8. The first-order valence-corrected chi connectivity index (χ1v) is 15.3. The number of hydrogen-bond acceptors (Lipinski definition) is 5. The van der Waals surface area contributed by atoms with Gasteiger partial charge >= 0.3 is 0 Å². The first-order chi connectivity index (χ1) is 21.8. The average molecular weight is 582 g/mol. The minimum Gasteiger partial charge on any atom is -0.456 e. The number of furan rings is 1. The van der Waals surface area contributed by atoms with Crippen LogP contribution in [0, 0.1) is 0 Å². The molecule has 0 aliphatic carbocycles. The van der Waals surface area contributed by atoms with Gasteiger partial charge in [0.1, 0.15) is 16.2 Å². The number of benzene rings is 6. The highest BCUT2D eigenvalue weighted by Crippen LogP contribution is 2.39. The van der Waals surface area contributed by atoms with Crippen LogP contribution in [0.4, 0.5) is 0 Å². The molecule has 5 heteroatoms. The highest BCUT2D eigenvalue weighted by molar-refractivity contribution is 7.22. The van der Waals surface area contributed by atoms with Crippen LogP contribution in [-0.4, -0.2) is 15.0 Å². The van der Waals surface area contributed by atoms with Gasteiger partial charge in [-0.3, -0.25) is 0 Å². The second-order valence-corrected chi connectivity index (χ2v) is 11.8. The molecule has 0 saturated carbocycles. The van der Waals surface area contributed by atoms with Crippen molar-refractivity contribution in [2.45, 2.75) is 0 Å². The molecule has 0 unspecified atom stereocenters. The molecule has 0 amide bonds. The summed E-state index contributed by atoms with van der Waals surface area (Å²) in [6.07, 6.45) is 0. The minimum atomic E-state index is 0.683. The van der Waals surface area contributed by atoms with E-state index in [2.05, 4.69) is 84.9 Å². The monoisotopic (exact) mass is 581 g/mol. The predicted molar refractivity (Wildman–Crippen MR) is 182 cm³/mol. The predicted octanol–water partition coefficient (Wildman–Crippen LogP) is 10.8. The summed E-state index contributed by atoms with van der Waals surface area (Å²) >= 11 is 1.73. The Bertz CT molecular complexity index is 2500. The maximum absolute atomic E-state index is 6.21. The molecule has 4 nitrogen and oxygen atoms in total. The van der Waals surface area contributed by atoms with E-state index in [0.29, 0.717) is 5.82 Å². The third kappa shape index (κ3) is 4.09. The van der Waals surface area contributed by atoms with Gasteiger partial charge in [0, 0.05) is 38.4 Å². The number of thiazole rings is 1. The zero-order chi connectivity index (χ0) is 29.0. The first-order valence-electron chi connectivity index (χ1n) is 14.5. The van der Waals surface area contributed by atoms with E-state index in [0.717, 1.165) is 71.5 Å². The Morgan fingerprint density at radius 1 is 0.500 bits per heavy atom. The second kappa shape index (κ2) is 9.97. The molecule has 0 aliphatic rings. The Morgan fingerprint density at radius 3 is 2.11 bits per heavy atom. The highest BCUT2D eigenvalue weighted by Gasteiger charge is 2.17. The van der Waals surface area contributed by atoms with Crippen LogP contribution in [-0.2, 0) is 0 Å². The summed E-state index contributed by atoms with van der Waals surface area (Å²) in [6.45, 7) is 0. The molecule has 0 radical (unpaired) electrons. The zero-order valence-corrected chi connectivity index (χ0v) is 24.3. The lowest BCUT2D eigenvalue weighted by Gasteiger charge is -2.11. The van der Waals surface area contributed by atoms with Crippen LogP contribution in [0.5, 0.6) is 0 Å². The Hall–Kier alpha value is -5.65. The van der Waals surface area contributed by atoms with Crippen LogP contribution in [0.2, 0.25) is 0 Å². The molecule has 0 saturated heterocycles. The molecule has 6 aromatic carbocycles. The van der Waals surface area contributed by atoms with Crippen molar-refractivity contribution in [3.8, 4) is 44.5 Å². The van der Waals surface area contributed by atoms with Crippen molar-refractivity contribution >= 4 is 54.3 Å². The van der Waals surface area contributed by atoms with E-state index in [1.165, 1.54) is 10.1 Å². The first kappa shape index (κ1) is 24.9. The molecule has 0 bridgehead atoms. The SMILES string of the molecule is c1ccc(-c2cc(-c3cccc4oc5ccccc5c34)nc(-c3ccc4c(ccc5nc(-c6ccccc6)sc54)c3)n2)cc1. The van der Waals surface area contributed by atoms with Gasteiger partial charge in [0.15, 0.2) is 5.82 Å². The summed E-state index contributed by atoms with van der Waals surface area (Å²) in [5.74, 6) is 0.683. The van der Waals surface area contributed by atoms with Gasteiger partial charge in [0.05, 0.1) is 21.6 Å². The fourth-order valence-corrected chi connectivity index (χ4v) is 7.12. The molecule has 3 aromatic heterocycles. The summed E-state index contributed by atoms with van der Waals surface area (Å²) in [6, 6.07) is 47.9. The normalized spacial score (nSPS) is 11.6. The summed E-state index contributed by atoms with van der Waals surface area (Å²) in [5.41, 5.74) is 8.63.